The first-order chi connectivity index (χ1) is 12.1. The number of hydrogen-bond donors (Lipinski definition) is 2. The van der Waals surface area contributed by atoms with Gasteiger partial charge >= 0.3 is 12.1 Å². The summed E-state index contributed by atoms with van der Waals surface area (Å²) in [5.41, 5.74) is 1.21. The summed E-state index contributed by atoms with van der Waals surface area (Å²) in [4.78, 5) is 24.3. The molecular formula is C16H15Cl2N3O4S. The minimum atomic E-state index is -3.98. The molecule has 2 aromatic carbocycles. The van der Waals surface area contributed by atoms with Gasteiger partial charge in [-0.1, -0.05) is 29.3 Å². The summed E-state index contributed by atoms with van der Waals surface area (Å²) in [6.07, 6.45) is 0.846. The Bertz CT molecular complexity index is 946. The van der Waals surface area contributed by atoms with Crippen molar-refractivity contribution >= 4 is 56.7 Å². The molecule has 138 valence electrons. The molecule has 0 spiro atoms. The van der Waals surface area contributed by atoms with E-state index in [9.17, 15) is 18.0 Å². The van der Waals surface area contributed by atoms with E-state index in [2.05, 4.69) is 5.32 Å². The summed E-state index contributed by atoms with van der Waals surface area (Å²) in [5, 5.41) is 5.18. The van der Waals surface area contributed by atoms with E-state index in [0.29, 0.717) is 20.0 Å². The fourth-order valence-electron chi connectivity index (χ4n) is 2.02. The maximum absolute atomic E-state index is 12.3. The van der Waals surface area contributed by atoms with Gasteiger partial charge in [0.15, 0.2) is 0 Å². The molecule has 0 fully saturated rings. The number of carbonyl (C=O) groups is 2. The maximum atomic E-state index is 12.3. The van der Waals surface area contributed by atoms with Crippen molar-refractivity contribution in [2.45, 2.75) is 6.92 Å². The van der Waals surface area contributed by atoms with Crippen molar-refractivity contribution in [2.24, 2.45) is 0 Å². The van der Waals surface area contributed by atoms with E-state index in [4.69, 9.17) is 23.2 Å². The zero-order valence-corrected chi connectivity index (χ0v) is 16.1. The molecule has 2 aromatic rings. The van der Waals surface area contributed by atoms with Crippen LogP contribution in [-0.4, -0.2) is 26.7 Å². The third kappa shape index (κ3) is 5.10. The Hall–Kier alpha value is -2.29. The molecule has 0 atom stereocenters. The number of hydrogen-bond acceptors (Lipinski definition) is 4. The van der Waals surface area contributed by atoms with Crippen LogP contribution in [0.5, 0.6) is 0 Å². The van der Waals surface area contributed by atoms with Crippen LogP contribution in [0.15, 0.2) is 42.5 Å². The van der Waals surface area contributed by atoms with E-state index >= 15 is 0 Å². The van der Waals surface area contributed by atoms with Gasteiger partial charge < -0.3 is 5.32 Å². The van der Waals surface area contributed by atoms with Gasteiger partial charge in [0.25, 0.3) is 0 Å². The summed E-state index contributed by atoms with van der Waals surface area (Å²) in [6, 6.07) is 8.31. The number of aryl methyl sites for hydroxylation is 1. The van der Waals surface area contributed by atoms with E-state index in [-0.39, 0.29) is 5.69 Å². The fourth-order valence-corrected chi connectivity index (χ4v) is 3.17. The van der Waals surface area contributed by atoms with Crippen LogP contribution in [0.4, 0.5) is 21.0 Å². The molecule has 0 aromatic heterocycles. The molecule has 4 amide bonds. The minimum Gasteiger partial charge on any atom is -0.308 e. The van der Waals surface area contributed by atoms with Crippen molar-refractivity contribution < 1.29 is 18.0 Å². The van der Waals surface area contributed by atoms with Crippen molar-refractivity contribution in [1.29, 1.82) is 0 Å². The Balaban J connectivity index is 2.17. The number of amides is 4. The maximum Gasteiger partial charge on any atom is 0.343 e. The zero-order chi connectivity index (χ0) is 19.5. The Morgan fingerprint density at radius 2 is 1.65 bits per heavy atom. The largest absolute Gasteiger partial charge is 0.343 e. The van der Waals surface area contributed by atoms with Crippen LogP contribution in [-0.2, 0) is 10.0 Å². The first-order valence-electron chi connectivity index (χ1n) is 7.22. The Morgan fingerprint density at radius 3 is 2.19 bits per heavy atom. The molecule has 0 aliphatic carbocycles. The van der Waals surface area contributed by atoms with Gasteiger partial charge in [-0.15, -0.1) is 0 Å². The average Bonchev–Trinajstić information content (AvgIpc) is 2.51. The van der Waals surface area contributed by atoms with Gasteiger partial charge in [0.1, 0.15) is 0 Å². The quantitative estimate of drug-likeness (QED) is 0.791. The van der Waals surface area contributed by atoms with Crippen LogP contribution in [0.3, 0.4) is 0 Å². The molecule has 26 heavy (non-hydrogen) atoms. The fraction of sp³-hybridized carbons (Fsp3) is 0.125. The van der Waals surface area contributed by atoms with Crippen molar-refractivity contribution in [1.82, 2.24) is 5.32 Å². The molecule has 0 saturated carbocycles. The monoisotopic (exact) mass is 415 g/mol. The van der Waals surface area contributed by atoms with Gasteiger partial charge in [-0.05, 0) is 48.9 Å². The number of urea groups is 2. The molecule has 0 heterocycles. The second kappa shape index (κ2) is 7.94. The molecular weight excluding hydrogens is 401 g/mol. The van der Waals surface area contributed by atoms with Crippen molar-refractivity contribution in [3.8, 4) is 0 Å². The van der Waals surface area contributed by atoms with E-state index in [0.717, 1.165) is 11.8 Å². The topological polar surface area (TPSA) is 95.6 Å². The van der Waals surface area contributed by atoms with Gasteiger partial charge in [0, 0.05) is 15.7 Å². The van der Waals surface area contributed by atoms with Crippen LogP contribution in [0.1, 0.15) is 5.56 Å². The normalized spacial score (nSPS) is 10.9. The summed E-state index contributed by atoms with van der Waals surface area (Å²) in [6.45, 7) is 1.80. The number of nitrogens with zero attached hydrogens (tertiary/aromatic N) is 1. The lowest BCUT2D eigenvalue weighted by Gasteiger charge is -2.20. The van der Waals surface area contributed by atoms with Gasteiger partial charge in [-0.3, -0.25) is 5.32 Å². The molecule has 2 N–H and O–H groups in total. The molecule has 0 aliphatic heterocycles. The molecule has 0 unspecified atom stereocenters. The van der Waals surface area contributed by atoms with Crippen LogP contribution in [0, 0.1) is 6.92 Å². The molecule has 7 nitrogen and oxygen atoms in total. The number of nitrogens with one attached hydrogen (secondary N) is 2. The highest BCUT2D eigenvalue weighted by Crippen LogP contribution is 2.21. The number of anilines is 2. The summed E-state index contributed by atoms with van der Waals surface area (Å²) in [5.74, 6) is 0. The number of sulfonamides is 1. The van der Waals surface area contributed by atoms with Crippen molar-refractivity contribution in [3.63, 3.8) is 0 Å². The summed E-state index contributed by atoms with van der Waals surface area (Å²) in [7, 11) is -3.98. The SMILES string of the molecule is Cc1ccc(NC(=O)NC(=O)N(c2ccc(Cl)cc2)S(C)(=O)=O)cc1Cl. The van der Waals surface area contributed by atoms with Crippen LogP contribution >= 0.6 is 23.2 Å². The number of halogens is 2. The number of rotatable bonds is 3. The van der Waals surface area contributed by atoms with Crippen LogP contribution in [0.25, 0.3) is 0 Å². The molecule has 10 heteroatoms. The molecule has 0 bridgehead atoms. The Morgan fingerprint density at radius 1 is 1.04 bits per heavy atom. The Labute approximate surface area is 160 Å². The predicted octanol–water partition coefficient (Wildman–Crippen LogP) is 4.01. The number of carbonyl (C=O) groups excluding carboxylic acids is 2. The molecule has 0 saturated heterocycles. The summed E-state index contributed by atoms with van der Waals surface area (Å²) >= 11 is 11.7. The number of benzene rings is 2. The first-order valence-corrected chi connectivity index (χ1v) is 9.82. The van der Waals surface area contributed by atoms with E-state index in [1.807, 2.05) is 5.32 Å². The van der Waals surface area contributed by atoms with E-state index in [1.165, 1.54) is 30.3 Å². The zero-order valence-electron chi connectivity index (χ0n) is 13.8. The lowest BCUT2D eigenvalue weighted by Crippen LogP contribution is -2.47. The molecule has 0 aliphatic rings. The van der Waals surface area contributed by atoms with Gasteiger partial charge in [-0.25, -0.2) is 18.0 Å². The lowest BCUT2D eigenvalue weighted by atomic mass is 10.2. The van der Waals surface area contributed by atoms with E-state index in [1.54, 1.807) is 19.1 Å². The van der Waals surface area contributed by atoms with Crippen molar-refractivity contribution in [2.75, 3.05) is 15.9 Å². The molecule has 2 rings (SSSR count). The standard InChI is InChI=1S/C16H15Cl2N3O4S/c1-10-3-6-12(9-14(10)18)19-15(22)20-16(23)21(26(2,24)25)13-7-4-11(17)5-8-13/h3-9H,1-2H3,(H2,19,20,22,23). The molecule has 0 radical (unpaired) electrons. The second-order valence-corrected chi connectivity index (χ2v) is 8.03. The summed E-state index contributed by atoms with van der Waals surface area (Å²) < 4.78 is 24.4. The minimum absolute atomic E-state index is 0.0422. The third-order valence-electron chi connectivity index (χ3n) is 3.23. The highest BCUT2D eigenvalue weighted by Gasteiger charge is 2.26. The van der Waals surface area contributed by atoms with Gasteiger partial charge in [0.05, 0.1) is 11.9 Å². The van der Waals surface area contributed by atoms with Crippen LogP contribution in [0.2, 0.25) is 10.0 Å². The third-order valence-corrected chi connectivity index (χ3v) is 4.93. The highest BCUT2D eigenvalue weighted by molar-refractivity contribution is 7.92. The number of imide groups is 1. The van der Waals surface area contributed by atoms with E-state index < -0.39 is 22.1 Å². The smallest absolute Gasteiger partial charge is 0.308 e. The predicted molar refractivity (Wildman–Crippen MR) is 103 cm³/mol. The lowest BCUT2D eigenvalue weighted by molar-refractivity contribution is 0.238. The second-order valence-electron chi connectivity index (χ2n) is 5.35. The average molecular weight is 416 g/mol. The van der Waals surface area contributed by atoms with Gasteiger partial charge in [-0.2, -0.15) is 4.31 Å². The first kappa shape index (κ1) is 20.0. The van der Waals surface area contributed by atoms with Crippen LogP contribution < -0.4 is 14.9 Å². The van der Waals surface area contributed by atoms with Crippen molar-refractivity contribution in [3.05, 3.63) is 58.1 Å². The van der Waals surface area contributed by atoms with Gasteiger partial charge in [0.2, 0.25) is 10.0 Å². The highest BCUT2D eigenvalue weighted by atomic mass is 35.5. The Kier molecular flexibility index (Phi) is 6.12.